The Balaban J connectivity index is 1.87. The van der Waals surface area contributed by atoms with Gasteiger partial charge in [0.1, 0.15) is 0 Å². The fourth-order valence-corrected chi connectivity index (χ4v) is 3.86. The van der Waals surface area contributed by atoms with Crippen molar-refractivity contribution in [2.24, 2.45) is 28.9 Å². The SMILES string of the molecule is CC1CCN(CC2CC(C(C)(C)C)CCC2N)CC1. The minimum atomic E-state index is 0.443. The van der Waals surface area contributed by atoms with Crippen molar-refractivity contribution in [2.45, 2.75) is 65.8 Å². The van der Waals surface area contributed by atoms with Gasteiger partial charge in [-0.2, -0.15) is 0 Å². The number of rotatable bonds is 2. The largest absolute Gasteiger partial charge is 0.327 e. The Morgan fingerprint density at radius 3 is 2.26 bits per heavy atom. The molecule has 3 unspecified atom stereocenters. The molecule has 3 atom stereocenters. The van der Waals surface area contributed by atoms with Gasteiger partial charge in [-0.25, -0.2) is 0 Å². The van der Waals surface area contributed by atoms with Crippen LogP contribution in [0.2, 0.25) is 0 Å². The molecule has 0 radical (unpaired) electrons. The maximum absolute atomic E-state index is 6.40. The molecule has 0 spiro atoms. The number of nitrogens with zero attached hydrogens (tertiary/aromatic N) is 1. The first-order chi connectivity index (χ1) is 8.86. The van der Waals surface area contributed by atoms with E-state index in [4.69, 9.17) is 5.73 Å². The summed E-state index contributed by atoms with van der Waals surface area (Å²) in [7, 11) is 0. The topological polar surface area (TPSA) is 29.3 Å². The van der Waals surface area contributed by atoms with Gasteiger partial charge >= 0.3 is 0 Å². The number of likely N-dealkylation sites (tertiary alicyclic amines) is 1. The highest BCUT2D eigenvalue weighted by molar-refractivity contribution is 4.89. The molecule has 112 valence electrons. The number of hydrogen-bond acceptors (Lipinski definition) is 2. The summed E-state index contributed by atoms with van der Waals surface area (Å²) in [6.45, 7) is 13.4. The average molecular weight is 266 g/mol. The van der Waals surface area contributed by atoms with E-state index >= 15 is 0 Å². The third-order valence-corrected chi connectivity index (χ3v) is 5.63. The lowest BCUT2D eigenvalue weighted by atomic mass is 9.67. The maximum Gasteiger partial charge on any atom is 0.00795 e. The molecule has 2 fully saturated rings. The Morgan fingerprint density at radius 1 is 1.05 bits per heavy atom. The third kappa shape index (κ3) is 4.19. The highest BCUT2D eigenvalue weighted by atomic mass is 15.1. The van der Waals surface area contributed by atoms with Crippen LogP contribution in [0.25, 0.3) is 0 Å². The Morgan fingerprint density at radius 2 is 1.68 bits per heavy atom. The molecule has 1 heterocycles. The van der Waals surface area contributed by atoms with Crippen LogP contribution in [0, 0.1) is 23.2 Å². The van der Waals surface area contributed by atoms with E-state index in [2.05, 4.69) is 32.6 Å². The second kappa shape index (κ2) is 6.13. The quantitative estimate of drug-likeness (QED) is 0.829. The molecule has 0 aromatic carbocycles. The zero-order chi connectivity index (χ0) is 14.0. The van der Waals surface area contributed by atoms with E-state index in [0.29, 0.717) is 11.5 Å². The molecule has 2 aliphatic rings. The van der Waals surface area contributed by atoms with Gasteiger partial charge in [0.15, 0.2) is 0 Å². The fraction of sp³-hybridized carbons (Fsp3) is 1.00. The van der Waals surface area contributed by atoms with Crippen molar-refractivity contribution < 1.29 is 0 Å². The van der Waals surface area contributed by atoms with Crippen LogP contribution >= 0.6 is 0 Å². The minimum absolute atomic E-state index is 0.443. The van der Waals surface area contributed by atoms with Gasteiger partial charge in [0, 0.05) is 12.6 Å². The molecule has 1 saturated carbocycles. The van der Waals surface area contributed by atoms with Gasteiger partial charge in [0.2, 0.25) is 0 Å². The standard InChI is InChI=1S/C17H34N2/c1-13-7-9-19(10-8-13)12-14-11-15(17(2,3)4)5-6-16(14)18/h13-16H,5-12,18H2,1-4H3. The molecule has 2 heteroatoms. The van der Waals surface area contributed by atoms with Crippen molar-refractivity contribution >= 4 is 0 Å². The molecule has 0 aromatic heterocycles. The first-order valence-electron chi connectivity index (χ1n) is 8.34. The van der Waals surface area contributed by atoms with E-state index in [9.17, 15) is 0 Å². The van der Waals surface area contributed by atoms with Crippen LogP contribution in [0.15, 0.2) is 0 Å². The maximum atomic E-state index is 6.40. The van der Waals surface area contributed by atoms with Gasteiger partial charge in [-0.05, 0) is 68.4 Å². The molecule has 2 nitrogen and oxygen atoms in total. The van der Waals surface area contributed by atoms with Crippen LogP contribution in [0.4, 0.5) is 0 Å². The van der Waals surface area contributed by atoms with Crippen molar-refractivity contribution in [3.8, 4) is 0 Å². The van der Waals surface area contributed by atoms with Gasteiger partial charge in [-0.15, -0.1) is 0 Å². The van der Waals surface area contributed by atoms with Crippen molar-refractivity contribution in [1.29, 1.82) is 0 Å². The van der Waals surface area contributed by atoms with Crippen molar-refractivity contribution in [3.05, 3.63) is 0 Å². The van der Waals surface area contributed by atoms with Crippen LogP contribution in [-0.2, 0) is 0 Å². The highest BCUT2D eigenvalue weighted by Crippen LogP contribution is 2.40. The number of hydrogen-bond donors (Lipinski definition) is 1. The predicted octanol–water partition coefficient (Wildman–Crippen LogP) is 3.51. The third-order valence-electron chi connectivity index (χ3n) is 5.63. The molecular weight excluding hydrogens is 232 g/mol. The molecule has 2 N–H and O–H groups in total. The molecule has 1 saturated heterocycles. The summed E-state index contributed by atoms with van der Waals surface area (Å²) in [4.78, 5) is 2.68. The van der Waals surface area contributed by atoms with Crippen LogP contribution in [-0.4, -0.2) is 30.6 Å². The van der Waals surface area contributed by atoms with Gasteiger partial charge in [0.05, 0.1) is 0 Å². The Hall–Kier alpha value is -0.0800. The van der Waals surface area contributed by atoms with Crippen LogP contribution in [0.1, 0.15) is 59.8 Å². The Labute approximate surface area is 120 Å². The molecule has 2 rings (SSSR count). The zero-order valence-electron chi connectivity index (χ0n) is 13.5. The summed E-state index contributed by atoms with van der Waals surface area (Å²) >= 11 is 0. The van der Waals surface area contributed by atoms with Crippen LogP contribution < -0.4 is 5.73 Å². The van der Waals surface area contributed by atoms with Gasteiger partial charge < -0.3 is 10.6 Å². The predicted molar refractivity (Wildman–Crippen MR) is 83.1 cm³/mol. The summed E-state index contributed by atoms with van der Waals surface area (Å²) in [5.41, 5.74) is 6.86. The van der Waals surface area contributed by atoms with Crippen molar-refractivity contribution in [1.82, 2.24) is 4.90 Å². The summed E-state index contributed by atoms with van der Waals surface area (Å²) < 4.78 is 0. The summed E-state index contributed by atoms with van der Waals surface area (Å²) in [5.74, 6) is 2.52. The number of piperidine rings is 1. The first-order valence-corrected chi connectivity index (χ1v) is 8.34. The van der Waals surface area contributed by atoms with Gasteiger partial charge in [0.25, 0.3) is 0 Å². The fourth-order valence-electron chi connectivity index (χ4n) is 3.86. The lowest BCUT2D eigenvalue weighted by Gasteiger charge is -2.43. The molecular formula is C17H34N2. The first kappa shape index (κ1) is 15.3. The second-order valence-electron chi connectivity index (χ2n) is 8.28. The Kier molecular flexibility index (Phi) is 4.94. The molecule has 19 heavy (non-hydrogen) atoms. The smallest absolute Gasteiger partial charge is 0.00795 e. The second-order valence-corrected chi connectivity index (χ2v) is 8.28. The average Bonchev–Trinajstić information content (AvgIpc) is 2.33. The van der Waals surface area contributed by atoms with Gasteiger partial charge in [-0.3, -0.25) is 0 Å². The molecule has 1 aliphatic carbocycles. The monoisotopic (exact) mass is 266 g/mol. The van der Waals surface area contributed by atoms with E-state index in [1.54, 1.807) is 0 Å². The molecule has 1 aliphatic heterocycles. The lowest BCUT2D eigenvalue weighted by molar-refractivity contribution is 0.0865. The molecule has 0 aromatic rings. The van der Waals surface area contributed by atoms with Crippen LogP contribution in [0.3, 0.4) is 0 Å². The summed E-state index contributed by atoms with van der Waals surface area (Å²) in [6, 6.07) is 0.443. The Bertz CT molecular complexity index is 273. The van der Waals surface area contributed by atoms with Crippen LogP contribution in [0.5, 0.6) is 0 Å². The van der Waals surface area contributed by atoms with Crippen molar-refractivity contribution in [3.63, 3.8) is 0 Å². The lowest BCUT2D eigenvalue weighted by Crippen LogP contribution is -2.46. The molecule has 0 bridgehead atoms. The normalized spacial score (nSPS) is 35.5. The van der Waals surface area contributed by atoms with E-state index in [1.165, 1.54) is 51.7 Å². The van der Waals surface area contributed by atoms with E-state index in [-0.39, 0.29) is 0 Å². The zero-order valence-corrected chi connectivity index (χ0v) is 13.5. The number of nitrogens with two attached hydrogens (primary N) is 1. The van der Waals surface area contributed by atoms with E-state index in [0.717, 1.165) is 17.8 Å². The van der Waals surface area contributed by atoms with Gasteiger partial charge in [-0.1, -0.05) is 27.7 Å². The highest BCUT2D eigenvalue weighted by Gasteiger charge is 2.35. The summed E-state index contributed by atoms with van der Waals surface area (Å²) in [5, 5.41) is 0. The molecule has 0 amide bonds. The van der Waals surface area contributed by atoms with E-state index < -0.39 is 0 Å². The minimum Gasteiger partial charge on any atom is -0.327 e. The van der Waals surface area contributed by atoms with E-state index in [1.807, 2.05) is 0 Å². The van der Waals surface area contributed by atoms with Crippen molar-refractivity contribution in [2.75, 3.05) is 19.6 Å². The summed E-state index contributed by atoms with van der Waals surface area (Å²) in [6.07, 6.45) is 6.67.